The molecule has 1 aromatic carbocycles. The Morgan fingerprint density at radius 3 is 2.53 bits per heavy atom. The van der Waals surface area contributed by atoms with Crippen molar-refractivity contribution in [2.45, 2.75) is 45.6 Å². The highest BCUT2D eigenvalue weighted by atomic mass is 14.7. The first-order valence-electron chi connectivity index (χ1n) is 5.92. The van der Waals surface area contributed by atoms with Crippen LogP contribution in [-0.2, 0) is 0 Å². The second-order valence-electron chi connectivity index (χ2n) is 5.07. The number of aryl methyl sites for hydroxylation is 2. The average molecular weight is 203 g/mol. The minimum Gasteiger partial charge on any atom is -0.327 e. The monoisotopic (exact) mass is 203 g/mol. The molecule has 0 bridgehead atoms. The van der Waals surface area contributed by atoms with Crippen LogP contribution in [0, 0.1) is 19.8 Å². The third-order valence-corrected chi connectivity index (χ3v) is 3.96. The minimum absolute atomic E-state index is 0.398. The zero-order chi connectivity index (χ0) is 11.0. The molecule has 1 aliphatic carbocycles. The molecule has 0 aromatic heterocycles. The lowest BCUT2D eigenvalue weighted by Gasteiger charge is -2.20. The molecule has 0 saturated heterocycles. The van der Waals surface area contributed by atoms with E-state index in [0.29, 0.717) is 17.9 Å². The molecule has 82 valence electrons. The van der Waals surface area contributed by atoms with Crippen molar-refractivity contribution >= 4 is 0 Å². The molecule has 1 aliphatic rings. The van der Waals surface area contributed by atoms with E-state index in [1.807, 2.05) is 0 Å². The van der Waals surface area contributed by atoms with Gasteiger partial charge in [-0.1, -0.05) is 30.7 Å². The minimum atomic E-state index is 0.398. The van der Waals surface area contributed by atoms with Crippen LogP contribution in [0.5, 0.6) is 0 Å². The quantitative estimate of drug-likeness (QED) is 0.745. The predicted octanol–water partition coefficient (Wildman–Crippen LogP) is 3.14. The van der Waals surface area contributed by atoms with E-state index in [0.717, 1.165) is 0 Å². The molecule has 2 N–H and O–H groups in total. The highest BCUT2D eigenvalue weighted by Gasteiger charge is 2.31. The lowest BCUT2D eigenvalue weighted by Crippen LogP contribution is -2.24. The Morgan fingerprint density at radius 1 is 1.20 bits per heavy atom. The summed E-state index contributed by atoms with van der Waals surface area (Å²) in [7, 11) is 0. The Hall–Kier alpha value is -0.820. The van der Waals surface area contributed by atoms with Gasteiger partial charge in [0.05, 0.1) is 0 Å². The second kappa shape index (κ2) is 3.97. The van der Waals surface area contributed by atoms with Gasteiger partial charge in [0, 0.05) is 6.04 Å². The van der Waals surface area contributed by atoms with E-state index >= 15 is 0 Å². The van der Waals surface area contributed by atoms with Crippen molar-refractivity contribution in [3.8, 4) is 0 Å². The van der Waals surface area contributed by atoms with E-state index in [9.17, 15) is 0 Å². The molecule has 1 nitrogen and oxygen atoms in total. The molecule has 3 atom stereocenters. The lowest BCUT2D eigenvalue weighted by atomic mass is 9.86. The summed E-state index contributed by atoms with van der Waals surface area (Å²) in [5.74, 6) is 1.31. The van der Waals surface area contributed by atoms with Gasteiger partial charge in [-0.2, -0.15) is 0 Å². The topological polar surface area (TPSA) is 26.0 Å². The molecule has 15 heavy (non-hydrogen) atoms. The second-order valence-corrected chi connectivity index (χ2v) is 5.07. The van der Waals surface area contributed by atoms with Crippen molar-refractivity contribution in [1.29, 1.82) is 0 Å². The van der Waals surface area contributed by atoms with Crippen LogP contribution in [0.3, 0.4) is 0 Å². The highest BCUT2D eigenvalue weighted by Crippen LogP contribution is 2.40. The number of rotatable bonds is 1. The van der Waals surface area contributed by atoms with Gasteiger partial charge in [0.2, 0.25) is 0 Å². The summed E-state index contributed by atoms with van der Waals surface area (Å²) in [5, 5.41) is 0. The summed E-state index contributed by atoms with van der Waals surface area (Å²) in [6, 6.07) is 7.17. The molecule has 2 rings (SSSR count). The molecule has 3 unspecified atom stereocenters. The number of nitrogens with two attached hydrogens (primary N) is 1. The smallest absolute Gasteiger partial charge is 0.00705 e. The molecule has 0 aliphatic heterocycles. The largest absolute Gasteiger partial charge is 0.327 e. The fraction of sp³-hybridized carbons (Fsp3) is 0.571. The van der Waals surface area contributed by atoms with Crippen LogP contribution < -0.4 is 5.73 Å². The van der Waals surface area contributed by atoms with Gasteiger partial charge >= 0.3 is 0 Å². The van der Waals surface area contributed by atoms with Crippen LogP contribution in [0.15, 0.2) is 18.2 Å². The first kappa shape index (κ1) is 10.7. The van der Waals surface area contributed by atoms with Crippen molar-refractivity contribution in [3.63, 3.8) is 0 Å². The Balaban J connectivity index is 2.33. The molecule has 1 heteroatoms. The SMILES string of the molecule is Cc1ccc(C)c(C2CCC(N)C2C)c1. The van der Waals surface area contributed by atoms with Crippen molar-refractivity contribution in [1.82, 2.24) is 0 Å². The van der Waals surface area contributed by atoms with Crippen molar-refractivity contribution in [2.24, 2.45) is 11.7 Å². The Kier molecular flexibility index (Phi) is 2.83. The van der Waals surface area contributed by atoms with E-state index < -0.39 is 0 Å². The molecular formula is C14H21N. The first-order chi connectivity index (χ1) is 7.09. The summed E-state index contributed by atoms with van der Waals surface area (Å²) in [6.45, 7) is 6.68. The number of hydrogen-bond donors (Lipinski definition) is 1. The Morgan fingerprint density at radius 2 is 1.93 bits per heavy atom. The van der Waals surface area contributed by atoms with E-state index in [1.54, 1.807) is 0 Å². The molecule has 0 heterocycles. The third kappa shape index (κ3) is 1.93. The Labute approximate surface area is 92.7 Å². The average Bonchev–Trinajstić information content (AvgIpc) is 2.52. The van der Waals surface area contributed by atoms with E-state index in [2.05, 4.69) is 39.0 Å². The maximum atomic E-state index is 6.09. The summed E-state index contributed by atoms with van der Waals surface area (Å²) in [4.78, 5) is 0. The van der Waals surface area contributed by atoms with Gasteiger partial charge in [0.25, 0.3) is 0 Å². The molecule has 0 spiro atoms. The summed E-state index contributed by atoms with van der Waals surface area (Å²) < 4.78 is 0. The number of hydrogen-bond acceptors (Lipinski definition) is 1. The van der Waals surface area contributed by atoms with Gasteiger partial charge in [-0.15, -0.1) is 0 Å². The summed E-state index contributed by atoms with van der Waals surface area (Å²) >= 11 is 0. The van der Waals surface area contributed by atoms with E-state index in [1.165, 1.54) is 29.5 Å². The van der Waals surface area contributed by atoms with Gasteiger partial charge in [0.15, 0.2) is 0 Å². The molecule has 1 aromatic rings. The van der Waals surface area contributed by atoms with E-state index in [4.69, 9.17) is 5.73 Å². The first-order valence-corrected chi connectivity index (χ1v) is 5.92. The van der Waals surface area contributed by atoms with Gasteiger partial charge in [-0.05, 0) is 49.7 Å². The standard InChI is InChI=1S/C14H21N/c1-9-4-5-10(2)13(8-9)12-6-7-14(15)11(12)3/h4-5,8,11-12,14H,6-7,15H2,1-3H3. The zero-order valence-electron chi connectivity index (χ0n) is 9.96. The van der Waals surface area contributed by atoms with Crippen LogP contribution in [0.2, 0.25) is 0 Å². The maximum Gasteiger partial charge on any atom is 0.00705 e. The number of benzene rings is 1. The zero-order valence-corrected chi connectivity index (χ0v) is 9.96. The van der Waals surface area contributed by atoms with Gasteiger partial charge < -0.3 is 5.73 Å². The normalized spacial score (nSPS) is 30.8. The lowest BCUT2D eigenvalue weighted by molar-refractivity contribution is 0.478. The molecule has 1 saturated carbocycles. The van der Waals surface area contributed by atoms with Gasteiger partial charge in [-0.3, -0.25) is 0 Å². The van der Waals surface area contributed by atoms with Crippen LogP contribution in [0.25, 0.3) is 0 Å². The predicted molar refractivity (Wildman–Crippen MR) is 65.0 cm³/mol. The van der Waals surface area contributed by atoms with Crippen molar-refractivity contribution in [2.75, 3.05) is 0 Å². The molecule has 1 fully saturated rings. The van der Waals surface area contributed by atoms with Crippen LogP contribution in [0.1, 0.15) is 42.4 Å². The fourth-order valence-electron chi connectivity index (χ4n) is 2.79. The fourth-order valence-corrected chi connectivity index (χ4v) is 2.79. The summed E-state index contributed by atoms with van der Waals surface area (Å²) in [5.41, 5.74) is 10.4. The highest BCUT2D eigenvalue weighted by molar-refractivity contribution is 5.34. The molecular weight excluding hydrogens is 182 g/mol. The molecule has 0 radical (unpaired) electrons. The summed E-state index contributed by atoms with van der Waals surface area (Å²) in [6.07, 6.45) is 2.44. The van der Waals surface area contributed by atoms with Gasteiger partial charge in [0.1, 0.15) is 0 Å². The van der Waals surface area contributed by atoms with Crippen LogP contribution in [-0.4, -0.2) is 6.04 Å². The van der Waals surface area contributed by atoms with Gasteiger partial charge in [-0.25, -0.2) is 0 Å². The van der Waals surface area contributed by atoms with Crippen molar-refractivity contribution in [3.05, 3.63) is 34.9 Å². The van der Waals surface area contributed by atoms with Crippen LogP contribution in [0.4, 0.5) is 0 Å². The maximum absolute atomic E-state index is 6.09. The molecule has 0 amide bonds. The van der Waals surface area contributed by atoms with Crippen molar-refractivity contribution < 1.29 is 0 Å². The van der Waals surface area contributed by atoms with Crippen LogP contribution >= 0.6 is 0 Å². The van der Waals surface area contributed by atoms with E-state index in [-0.39, 0.29) is 0 Å². The Bertz CT molecular complexity index is 356. The third-order valence-electron chi connectivity index (χ3n) is 3.96.